The summed E-state index contributed by atoms with van der Waals surface area (Å²) >= 11 is 0. The molecule has 4 heteroatoms. The van der Waals surface area contributed by atoms with Gasteiger partial charge >= 0.3 is 0 Å². The summed E-state index contributed by atoms with van der Waals surface area (Å²) in [6, 6.07) is 6.24. The third kappa shape index (κ3) is 3.51. The number of rotatable bonds is 8. The first kappa shape index (κ1) is 17.0. The highest BCUT2D eigenvalue weighted by molar-refractivity contribution is 5.37. The molecule has 0 aliphatic carbocycles. The van der Waals surface area contributed by atoms with E-state index < -0.39 is 0 Å². The van der Waals surface area contributed by atoms with Crippen molar-refractivity contribution in [1.29, 1.82) is 0 Å². The molecule has 0 saturated carbocycles. The molecule has 0 heterocycles. The van der Waals surface area contributed by atoms with Gasteiger partial charge in [0.2, 0.25) is 0 Å². The number of benzene rings is 1. The molecule has 1 unspecified atom stereocenters. The number of nitrogens with two attached hydrogens (primary N) is 1. The molecule has 114 valence electrons. The lowest BCUT2D eigenvalue weighted by molar-refractivity contribution is -0.0473. The van der Waals surface area contributed by atoms with Crippen molar-refractivity contribution in [2.24, 2.45) is 5.84 Å². The van der Waals surface area contributed by atoms with Crippen LogP contribution in [0.4, 0.5) is 0 Å². The summed E-state index contributed by atoms with van der Waals surface area (Å²) in [5, 5.41) is 0. The molecule has 0 aliphatic heterocycles. The highest BCUT2D eigenvalue weighted by Crippen LogP contribution is 2.29. The van der Waals surface area contributed by atoms with Crippen LogP contribution >= 0.6 is 0 Å². The molecule has 0 spiro atoms. The standard InChI is InChI=1S/C16H28N2O2/c1-6-16(7-2,20-5)15(18-17)11-13-10-12(3)8-9-14(13)19-4/h8-10,15,18H,6-7,11,17H2,1-5H3. The summed E-state index contributed by atoms with van der Waals surface area (Å²) in [6.07, 6.45) is 2.59. The minimum Gasteiger partial charge on any atom is -0.496 e. The molecule has 1 aromatic rings. The Morgan fingerprint density at radius 3 is 2.35 bits per heavy atom. The van der Waals surface area contributed by atoms with Gasteiger partial charge in [0.15, 0.2) is 0 Å². The van der Waals surface area contributed by atoms with E-state index in [-0.39, 0.29) is 11.6 Å². The number of ether oxygens (including phenoxy) is 2. The molecule has 0 bridgehead atoms. The second kappa shape index (κ2) is 7.62. The number of methoxy groups -OCH3 is 2. The van der Waals surface area contributed by atoms with Crippen molar-refractivity contribution in [3.05, 3.63) is 29.3 Å². The minimum absolute atomic E-state index is 0.0400. The van der Waals surface area contributed by atoms with Crippen molar-refractivity contribution >= 4 is 0 Å². The normalized spacial score (nSPS) is 13.3. The number of nitrogens with one attached hydrogen (secondary N) is 1. The Morgan fingerprint density at radius 2 is 1.90 bits per heavy atom. The average molecular weight is 280 g/mol. The van der Waals surface area contributed by atoms with Crippen LogP contribution in [0.15, 0.2) is 18.2 Å². The van der Waals surface area contributed by atoms with Gasteiger partial charge in [-0.15, -0.1) is 0 Å². The van der Waals surface area contributed by atoms with E-state index in [0.29, 0.717) is 0 Å². The maximum Gasteiger partial charge on any atom is 0.122 e. The molecule has 1 aromatic carbocycles. The summed E-state index contributed by atoms with van der Waals surface area (Å²) in [6.45, 7) is 6.34. The van der Waals surface area contributed by atoms with Crippen LogP contribution in [0.3, 0.4) is 0 Å². The number of aryl methyl sites for hydroxylation is 1. The summed E-state index contributed by atoms with van der Waals surface area (Å²) in [5.74, 6) is 6.69. The van der Waals surface area contributed by atoms with Crippen LogP contribution in [0.25, 0.3) is 0 Å². The summed E-state index contributed by atoms with van der Waals surface area (Å²) < 4.78 is 11.2. The smallest absolute Gasteiger partial charge is 0.122 e. The van der Waals surface area contributed by atoms with Crippen molar-refractivity contribution in [2.45, 2.75) is 51.7 Å². The van der Waals surface area contributed by atoms with E-state index in [0.717, 1.165) is 30.6 Å². The average Bonchev–Trinajstić information content (AvgIpc) is 2.48. The molecule has 0 aromatic heterocycles. The fraction of sp³-hybridized carbons (Fsp3) is 0.625. The predicted octanol–water partition coefficient (Wildman–Crippen LogP) is 2.58. The zero-order valence-electron chi connectivity index (χ0n) is 13.3. The molecule has 1 rings (SSSR count). The Labute approximate surface area is 122 Å². The minimum atomic E-state index is -0.260. The van der Waals surface area contributed by atoms with E-state index in [9.17, 15) is 0 Å². The largest absolute Gasteiger partial charge is 0.496 e. The third-order valence-electron chi connectivity index (χ3n) is 4.30. The number of hydrazine groups is 1. The highest BCUT2D eigenvalue weighted by atomic mass is 16.5. The van der Waals surface area contributed by atoms with E-state index in [1.807, 2.05) is 6.07 Å². The van der Waals surface area contributed by atoms with Crippen LogP contribution in [-0.4, -0.2) is 25.9 Å². The van der Waals surface area contributed by atoms with Crippen molar-refractivity contribution in [3.63, 3.8) is 0 Å². The monoisotopic (exact) mass is 280 g/mol. The van der Waals surface area contributed by atoms with Crippen molar-refractivity contribution < 1.29 is 9.47 Å². The zero-order valence-corrected chi connectivity index (χ0v) is 13.3. The lowest BCUT2D eigenvalue weighted by atomic mass is 9.84. The van der Waals surface area contributed by atoms with Gasteiger partial charge in [-0.25, -0.2) is 0 Å². The SMILES string of the molecule is CCC(CC)(OC)C(Cc1cc(C)ccc1OC)NN. The molecule has 0 radical (unpaired) electrons. The quantitative estimate of drug-likeness (QED) is 0.567. The molecule has 0 amide bonds. The fourth-order valence-electron chi connectivity index (χ4n) is 2.86. The first-order chi connectivity index (χ1) is 9.56. The third-order valence-corrected chi connectivity index (χ3v) is 4.30. The molecule has 4 nitrogen and oxygen atoms in total. The Hall–Kier alpha value is -1.10. The van der Waals surface area contributed by atoms with Gasteiger partial charge in [0.05, 0.1) is 18.8 Å². The molecule has 0 aliphatic rings. The second-order valence-corrected chi connectivity index (χ2v) is 5.21. The summed E-state index contributed by atoms with van der Waals surface area (Å²) in [5.41, 5.74) is 5.04. The number of hydrogen-bond acceptors (Lipinski definition) is 4. The Balaban J connectivity index is 3.07. The van der Waals surface area contributed by atoms with Gasteiger partial charge in [-0.1, -0.05) is 31.5 Å². The van der Waals surface area contributed by atoms with E-state index >= 15 is 0 Å². The van der Waals surface area contributed by atoms with Gasteiger partial charge < -0.3 is 9.47 Å². The Kier molecular flexibility index (Phi) is 6.46. The second-order valence-electron chi connectivity index (χ2n) is 5.21. The molecule has 3 N–H and O–H groups in total. The topological polar surface area (TPSA) is 56.5 Å². The van der Waals surface area contributed by atoms with Gasteiger partial charge in [0.1, 0.15) is 5.75 Å². The zero-order chi connectivity index (χ0) is 15.2. The van der Waals surface area contributed by atoms with E-state index in [2.05, 4.69) is 38.3 Å². The Bertz CT molecular complexity index is 409. The predicted molar refractivity (Wildman–Crippen MR) is 82.9 cm³/mol. The molecule has 0 fully saturated rings. The van der Waals surface area contributed by atoms with Gasteiger partial charge in [0.25, 0.3) is 0 Å². The molecule has 20 heavy (non-hydrogen) atoms. The van der Waals surface area contributed by atoms with Crippen molar-refractivity contribution in [2.75, 3.05) is 14.2 Å². The van der Waals surface area contributed by atoms with Crippen LogP contribution < -0.4 is 16.0 Å². The molecular weight excluding hydrogens is 252 g/mol. The van der Waals surface area contributed by atoms with Gasteiger partial charge in [-0.3, -0.25) is 11.3 Å². The van der Waals surface area contributed by atoms with Gasteiger partial charge in [-0.2, -0.15) is 0 Å². The van der Waals surface area contributed by atoms with Crippen LogP contribution in [0.1, 0.15) is 37.8 Å². The van der Waals surface area contributed by atoms with Crippen LogP contribution in [0.5, 0.6) is 5.75 Å². The van der Waals surface area contributed by atoms with Crippen molar-refractivity contribution in [1.82, 2.24) is 5.43 Å². The first-order valence-electron chi connectivity index (χ1n) is 7.21. The summed E-state index contributed by atoms with van der Waals surface area (Å²) in [7, 11) is 3.45. The maximum absolute atomic E-state index is 5.79. The summed E-state index contributed by atoms with van der Waals surface area (Å²) in [4.78, 5) is 0. The highest BCUT2D eigenvalue weighted by Gasteiger charge is 2.35. The van der Waals surface area contributed by atoms with E-state index in [1.165, 1.54) is 5.56 Å². The number of hydrogen-bond donors (Lipinski definition) is 2. The van der Waals surface area contributed by atoms with E-state index in [1.54, 1.807) is 14.2 Å². The molecule has 1 atom stereocenters. The van der Waals surface area contributed by atoms with Crippen LogP contribution in [-0.2, 0) is 11.2 Å². The fourth-order valence-corrected chi connectivity index (χ4v) is 2.86. The molecular formula is C16H28N2O2. The van der Waals surface area contributed by atoms with Gasteiger partial charge in [-0.05, 0) is 37.8 Å². The molecule has 0 saturated heterocycles. The van der Waals surface area contributed by atoms with Gasteiger partial charge in [0, 0.05) is 7.11 Å². The van der Waals surface area contributed by atoms with Crippen LogP contribution in [0.2, 0.25) is 0 Å². The maximum atomic E-state index is 5.79. The van der Waals surface area contributed by atoms with E-state index in [4.69, 9.17) is 15.3 Å². The lowest BCUT2D eigenvalue weighted by Crippen LogP contribution is -2.55. The lowest BCUT2D eigenvalue weighted by Gasteiger charge is -2.38. The van der Waals surface area contributed by atoms with Crippen LogP contribution in [0, 0.1) is 6.92 Å². The Morgan fingerprint density at radius 1 is 1.25 bits per heavy atom. The van der Waals surface area contributed by atoms with Crippen molar-refractivity contribution in [3.8, 4) is 5.75 Å². The first-order valence-corrected chi connectivity index (χ1v) is 7.21.